The number of hydrogen-bond donors (Lipinski definition) is 0. The van der Waals surface area contributed by atoms with Crippen LogP contribution in [0.5, 0.6) is 11.5 Å². The number of carbonyl (C=O) groups excluding carboxylic acids is 2. The smallest absolute Gasteiger partial charge is 0.175 e. The molecule has 0 N–H and O–H groups in total. The van der Waals surface area contributed by atoms with Crippen LogP contribution in [0.15, 0.2) is 63.4 Å². The molecule has 2 aromatic carbocycles. The molecule has 3 aliphatic rings. The number of ketones is 2. The van der Waals surface area contributed by atoms with E-state index < -0.39 is 5.92 Å². The van der Waals surface area contributed by atoms with Crippen molar-refractivity contribution in [3.05, 3.63) is 80.4 Å². The zero-order valence-electron chi connectivity index (χ0n) is 26.6. The molecule has 44 heavy (non-hydrogen) atoms. The summed E-state index contributed by atoms with van der Waals surface area (Å²) in [6.07, 6.45) is 3.10. The zero-order valence-corrected chi connectivity index (χ0v) is 28.2. The van der Waals surface area contributed by atoms with E-state index in [0.717, 1.165) is 36.2 Å². The van der Waals surface area contributed by atoms with Crippen LogP contribution < -0.4 is 9.47 Å². The lowest BCUT2D eigenvalue weighted by Gasteiger charge is -2.49. The average molecular weight is 669 g/mol. The van der Waals surface area contributed by atoms with E-state index >= 15 is 0 Å². The van der Waals surface area contributed by atoms with E-state index in [1.54, 1.807) is 25.3 Å². The molecule has 2 aliphatic carbocycles. The maximum absolute atomic E-state index is 14.4. The Kier molecular flexibility index (Phi) is 9.43. The van der Waals surface area contributed by atoms with Crippen LogP contribution in [0.3, 0.4) is 0 Å². The Labute approximate surface area is 268 Å². The molecule has 0 aromatic heterocycles. The van der Waals surface area contributed by atoms with Gasteiger partial charge in [-0.2, -0.15) is 0 Å². The Hall–Kier alpha value is -2.97. The summed E-state index contributed by atoms with van der Waals surface area (Å²) in [6, 6.07) is 10.3. The molecule has 0 atom stereocenters. The minimum absolute atomic E-state index is 0.0241. The first kappa shape index (κ1) is 32.4. The first-order valence-electron chi connectivity index (χ1n) is 15.5. The highest BCUT2D eigenvalue weighted by molar-refractivity contribution is 9.10. The third kappa shape index (κ3) is 6.52. The van der Waals surface area contributed by atoms with E-state index in [1.807, 2.05) is 19.1 Å². The number of ether oxygens (including phenoxy) is 3. The number of methoxy groups -OCH3 is 1. The van der Waals surface area contributed by atoms with E-state index in [9.17, 15) is 14.0 Å². The predicted molar refractivity (Wildman–Crippen MR) is 172 cm³/mol. The first-order chi connectivity index (χ1) is 20.9. The van der Waals surface area contributed by atoms with Crippen LogP contribution in [-0.2, 0) is 20.9 Å². The number of carbonyl (C=O) groups is 2. The molecule has 0 fully saturated rings. The second kappa shape index (κ2) is 12.8. The Morgan fingerprint density at radius 3 is 2.11 bits per heavy atom. The van der Waals surface area contributed by atoms with E-state index in [0.29, 0.717) is 65.3 Å². The number of rotatable bonds is 10. The number of allylic oxidation sites excluding steroid dienone is 4. The Bertz CT molecular complexity index is 1470. The van der Waals surface area contributed by atoms with Crippen LogP contribution in [0.1, 0.15) is 83.8 Å². The van der Waals surface area contributed by atoms with Gasteiger partial charge in [-0.05, 0) is 76.7 Å². The molecule has 0 bridgehead atoms. The van der Waals surface area contributed by atoms with Crippen molar-refractivity contribution in [2.24, 2.45) is 10.8 Å². The number of halogens is 2. The summed E-state index contributed by atoms with van der Waals surface area (Å²) >= 11 is 3.70. The second-order valence-corrected chi connectivity index (χ2v) is 14.5. The van der Waals surface area contributed by atoms with Crippen molar-refractivity contribution in [3.8, 4) is 11.5 Å². The number of benzene rings is 2. The van der Waals surface area contributed by atoms with Crippen LogP contribution >= 0.6 is 15.9 Å². The molecule has 5 rings (SSSR count). The standard InChI is InChI=1S/C36H43BrFNO5/c1-7-43-30-16-23(15-24(37)34(30)44-21-22-11-8-9-12-25(22)38)31-32-26(17-35(2,3)19-28(32)40)39(13-10-14-42-6)27-18-36(4,5)20-29(41)33(27)31/h8-9,11-12,15-16,31H,7,10,13-14,17-21H2,1-6H3. The summed E-state index contributed by atoms with van der Waals surface area (Å²) in [5, 5.41) is 0. The van der Waals surface area contributed by atoms with Gasteiger partial charge >= 0.3 is 0 Å². The highest BCUT2D eigenvalue weighted by Crippen LogP contribution is 2.55. The van der Waals surface area contributed by atoms with Gasteiger partial charge in [0.2, 0.25) is 0 Å². The van der Waals surface area contributed by atoms with Gasteiger partial charge in [0.1, 0.15) is 12.4 Å². The predicted octanol–water partition coefficient (Wildman–Crippen LogP) is 8.29. The van der Waals surface area contributed by atoms with Gasteiger partial charge in [0.05, 0.1) is 11.1 Å². The first-order valence-corrected chi connectivity index (χ1v) is 16.3. The fraction of sp³-hybridized carbons (Fsp3) is 0.500. The monoisotopic (exact) mass is 667 g/mol. The molecular weight excluding hydrogens is 625 g/mol. The van der Waals surface area contributed by atoms with E-state index in [2.05, 4.69) is 48.5 Å². The van der Waals surface area contributed by atoms with Crippen molar-refractivity contribution in [2.45, 2.75) is 79.2 Å². The molecule has 0 unspecified atom stereocenters. The van der Waals surface area contributed by atoms with Gasteiger partial charge in [-0.15, -0.1) is 0 Å². The SMILES string of the molecule is CCOc1cc(C2C3=C(CC(C)(C)CC3=O)N(CCCOC)C3=C2C(=O)CC(C)(C)C3)cc(Br)c1OCc1ccccc1F. The molecule has 8 heteroatoms. The number of hydrogen-bond acceptors (Lipinski definition) is 6. The maximum atomic E-state index is 14.4. The Balaban J connectivity index is 1.66. The highest BCUT2D eigenvalue weighted by Gasteiger charge is 2.49. The third-order valence-corrected chi connectivity index (χ3v) is 9.34. The minimum Gasteiger partial charge on any atom is -0.490 e. The van der Waals surface area contributed by atoms with Gasteiger partial charge in [-0.3, -0.25) is 9.59 Å². The lowest BCUT2D eigenvalue weighted by Crippen LogP contribution is -2.44. The minimum atomic E-state index is -0.512. The van der Waals surface area contributed by atoms with Gasteiger partial charge in [0.15, 0.2) is 23.1 Å². The second-order valence-electron chi connectivity index (χ2n) is 13.7. The summed E-state index contributed by atoms with van der Waals surface area (Å²) in [6.45, 7) is 12.1. The van der Waals surface area contributed by atoms with Crippen molar-refractivity contribution >= 4 is 27.5 Å². The lowest BCUT2D eigenvalue weighted by atomic mass is 9.63. The lowest BCUT2D eigenvalue weighted by molar-refractivity contribution is -0.119. The molecule has 1 heterocycles. The van der Waals surface area contributed by atoms with E-state index in [1.165, 1.54) is 6.07 Å². The van der Waals surface area contributed by atoms with Crippen molar-refractivity contribution < 1.29 is 28.2 Å². The van der Waals surface area contributed by atoms with Crippen molar-refractivity contribution in [1.82, 2.24) is 4.90 Å². The molecule has 236 valence electrons. The van der Waals surface area contributed by atoms with Crippen molar-refractivity contribution in [2.75, 3.05) is 26.9 Å². The summed E-state index contributed by atoms with van der Waals surface area (Å²) in [7, 11) is 1.69. The topological polar surface area (TPSA) is 65.1 Å². The molecular formula is C36H43BrFNO5. The molecule has 0 amide bonds. The summed E-state index contributed by atoms with van der Waals surface area (Å²) in [5.74, 6) is 0.236. The Morgan fingerprint density at radius 2 is 1.55 bits per heavy atom. The molecule has 0 spiro atoms. The molecule has 1 aliphatic heterocycles. The van der Waals surface area contributed by atoms with Crippen LogP contribution in [0.25, 0.3) is 0 Å². The van der Waals surface area contributed by atoms with Gasteiger partial charge in [-0.25, -0.2) is 4.39 Å². The highest BCUT2D eigenvalue weighted by atomic mass is 79.9. The normalized spacial score (nSPS) is 19.7. The molecule has 0 radical (unpaired) electrons. The van der Waals surface area contributed by atoms with E-state index in [4.69, 9.17) is 14.2 Å². The molecule has 0 saturated heterocycles. The maximum Gasteiger partial charge on any atom is 0.175 e. The van der Waals surface area contributed by atoms with Crippen LogP contribution in [0, 0.1) is 16.6 Å². The number of nitrogens with zero attached hydrogens (tertiary/aromatic N) is 1. The van der Waals surface area contributed by atoms with Crippen LogP contribution in [0.4, 0.5) is 4.39 Å². The summed E-state index contributed by atoms with van der Waals surface area (Å²) < 4.78 is 32.6. The van der Waals surface area contributed by atoms with Crippen molar-refractivity contribution in [3.63, 3.8) is 0 Å². The fourth-order valence-electron chi connectivity index (χ4n) is 6.94. The largest absolute Gasteiger partial charge is 0.490 e. The zero-order chi connectivity index (χ0) is 31.8. The molecule has 2 aromatic rings. The van der Waals surface area contributed by atoms with Crippen LogP contribution in [0.2, 0.25) is 0 Å². The fourth-order valence-corrected chi connectivity index (χ4v) is 7.52. The number of Topliss-reactive ketones (excluding diaryl/α,β-unsaturated/α-hetero) is 2. The van der Waals surface area contributed by atoms with Crippen LogP contribution in [-0.4, -0.2) is 43.3 Å². The van der Waals surface area contributed by atoms with Crippen molar-refractivity contribution in [1.29, 1.82) is 0 Å². The quantitative estimate of drug-likeness (QED) is 0.238. The summed E-state index contributed by atoms with van der Waals surface area (Å²) in [5.41, 5.74) is 4.29. The molecule has 6 nitrogen and oxygen atoms in total. The van der Waals surface area contributed by atoms with Gasteiger partial charge in [0, 0.05) is 67.1 Å². The van der Waals surface area contributed by atoms with Gasteiger partial charge in [-0.1, -0.05) is 45.9 Å². The summed E-state index contributed by atoms with van der Waals surface area (Å²) in [4.78, 5) is 30.5. The van der Waals surface area contributed by atoms with Gasteiger partial charge in [0.25, 0.3) is 0 Å². The average Bonchev–Trinajstić information content (AvgIpc) is 2.92. The van der Waals surface area contributed by atoms with E-state index in [-0.39, 0.29) is 34.8 Å². The Morgan fingerprint density at radius 1 is 0.932 bits per heavy atom. The van der Waals surface area contributed by atoms with Gasteiger partial charge < -0.3 is 19.1 Å². The molecule has 0 saturated carbocycles. The third-order valence-electron chi connectivity index (χ3n) is 8.75.